The van der Waals surface area contributed by atoms with Gasteiger partial charge in [-0.15, -0.1) is 0 Å². The zero-order valence-corrected chi connectivity index (χ0v) is 11.9. The minimum atomic E-state index is -0.435. The van der Waals surface area contributed by atoms with Gasteiger partial charge in [0.05, 0.1) is 16.3 Å². The van der Waals surface area contributed by atoms with Crippen molar-refractivity contribution in [2.75, 3.05) is 23.7 Å². The number of aliphatic hydroxyl groups is 1. The van der Waals surface area contributed by atoms with E-state index in [0.717, 1.165) is 44.5 Å². The van der Waals surface area contributed by atoms with Crippen molar-refractivity contribution in [2.24, 2.45) is 5.92 Å². The van der Waals surface area contributed by atoms with Crippen LogP contribution in [0.15, 0.2) is 18.2 Å². The molecule has 3 nitrogen and oxygen atoms in total. The number of nitrogen functional groups attached to an aromatic ring is 1. The summed E-state index contributed by atoms with van der Waals surface area (Å²) in [6.07, 6.45) is 5.32. The molecule has 2 atom stereocenters. The van der Waals surface area contributed by atoms with E-state index in [0.29, 0.717) is 16.6 Å². The molecule has 1 aromatic carbocycles. The summed E-state index contributed by atoms with van der Waals surface area (Å²) in [6.45, 7) is 1.77. The Balaban J connectivity index is 1.80. The Morgan fingerprint density at radius 2 is 2.16 bits per heavy atom. The summed E-state index contributed by atoms with van der Waals surface area (Å²) in [4.78, 5) is 2.30. The lowest BCUT2D eigenvalue weighted by Gasteiger charge is -2.48. The molecule has 2 aliphatic rings. The summed E-state index contributed by atoms with van der Waals surface area (Å²) in [5.74, 6) is 0.378. The number of anilines is 2. The van der Waals surface area contributed by atoms with Gasteiger partial charge in [0.25, 0.3) is 0 Å². The van der Waals surface area contributed by atoms with Crippen molar-refractivity contribution in [3.63, 3.8) is 0 Å². The number of benzene rings is 1. The Hall–Kier alpha value is -0.930. The lowest BCUT2D eigenvalue weighted by Crippen LogP contribution is -2.53. The minimum Gasteiger partial charge on any atom is -0.399 e. The molecule has 3 rings (SSSR count). The van der Waals surface area contributed by atoms with Gasteiger partial charge < -0.3 is 15.7 Å². The highest BCUT2D eigenvalue weighted by Crippen LogP contribution is 2.42. The van der Waals surface area contributed by atoms with Crippen LogP contribution in [0.4, 0.5) is 11.4 Å². The predicted octanol–water partition coefficient (Wildman–Crippen LogP) is 3.05. The molecule has 3 N–H and O–H groups in total. The summed E-state index contributed by atoms with van der Waals surface area (Å²) >= 11 is 6.29. The van der Waals surface area contributed by atoms with Gasteiger partial charge in [-0.3, -0.25) is 0 Å². The Morgan fingerprint density at radius 1 is 1.32 bits per heavy atom. The van der Waals surface area contributed by atoms with E-state index in [-0.39, 0.29) is 0 Å². The number of fused-ring (bicyclic) bond motifs is 1. The molecule has 0 amide bonds. The minimum absolute atomic E-state index is 0.378. The highest BCUT2D eigenvalue weighted by atomic mass is 35.5. The summed E-state index contributed by atoms with van der Waals surface area (Å²) in [7, 11) is 0. The first-order chi connectivity index (χ1) is 9.08. The number of rotatable bonds is 1. The van der Waals surface area contributed by atoms with Gasteiger partial charge in [-0.2, -0.15) is 0 Å². The van der Waals surface area contributed by atoms with Crippen molar-refractivity contribution in [2.45, 2.75) is 37.7 Å². The zero-order chi connectivity index (χ0) is 13.5. The van der Waals surface area contributed by atoms with Gasteiger partial charge in [0.2, 0.25) is 0 Å². The van der Waals surface area contributed by atoms with Gasteiger partial charge in [-0.05, 0) is 37.5 Å². The Kier molecular flexibility index (Phi) is 3.35. The fraction of sp³-hybridized carbons (Fsp3) is 0.600. The number of halogens is 1. The van der Waals surface area contributed by atoms with Gasteiger partial charge in [0.1, 0.15) is 0 Å². The molecule has 2 fully saturated rings. The monoisotopic (exact) mass is 280 g/mol. The summed E-state index contributed by atoms with van der Waals surface area (Å²) in [5.41, 5.74) is 7.05. The highest BCUT2D eigenvalue weighted by molar-refractivity contribution is 6.33. The first-order valence-electron chi connectivity index (χ1n) is 7.11. The number of piperidine rings is 1. The van der Waals surface area contributed by atoms with E-state index < -0.39 is 5.60 Å². The van der Waals surface area contributed by atoms with E-state index in [1.807, 2.05) is 12.1 Å². The molecule has 1 aliphatic heterocycles. The molecule has 1 saturated heterocycles. The number of nitrogens with zero attached hydrogens (tertiary/aromatic N) is 1. The molecule has 0 radical (unpaired) electrons. The molecular formula is C15H21ClN2O. The lowest BCUT2D eigenvalue weighted by atomic mass is 9.71. The van der Waals surface area contributed by atoms with Crippen LogP contribution in [-0.2, 0) is 0 Å². The van der Waals surface area contributed by atoms with Crippen LogP contribution in [0, 0.1) is 5.92 Å². The van der Waals surface area contributed by atoms with E-state index >= 15 is 0 Å². The van der Waals surface area contributed by atoms with Gasteiger partial charge in [-0.1, -0.05) is 24.4 Å². The first-order valence-corrected chi connectivity index (χ1v) is 7.49. The van der Waals surface area contributed by atoms with Crippen LogP contribution in [0.3, 0.4) is 0 Å². The Bertz CT molecular complexity index is 479. The number of hydrogen-bond acceptors (Lipinski definition) is 3. The van der Waals surface area contributed by atoms with Crippen LogP contribution < -0.4 is 10.6 Å². The first kappa shape index (κ1) is 13.1. The molecule has 0 spiro atoms. The molecule has 104 valence electrons. The second kappa shape index (κ2) is 4.88. The van der Waals surface area contributed by atoms with Crippen molar-refractivity contribution in [3.05, 3.63) is 23.2 Å². The van der Waals surface area contributed by atoms with E-state index in [9.17, 15) is 5.11 Å². The number of hydrogen-bond donors (Lipinski definition) is 2. The lowest BCUT2D eigenvalue weighted by molar-refractivity contribution is -0.0612. The third-order valence-corrected chi connectivity index (χ3v) is 5.04. The summed E-state index contributed by atoms with van der Waals surface area (Å²) in [6, 6.07) is 5.69. The van der Waals surface area contributed by atoms with E-state index in [1.54, 1.807) is 6.07 Å². The zero-order valence-electron chi connectivity index (χ0n) is 11.1. The second-order valence-electron chi connectivity index (χ2n) is 5.95. The second-order valence-corrected chi connectivity index (χ2v) is 6.36. The van der Waals surface area contributed by atoms with Crippen LogP contribution in [-0.4, -0.2) is 23.8 Å². The topological polar surface area (TPSA) is 49.5 Å². The third kappa shape index (κ3) is 2.41. The van der Waals surface area contributed by atoms with Crippen molar-refractivity contribution >= 4 is 23.0 Å². The standard InChI is InChI=1S/C15H21ClN2O/c16-13-9-12(17)4-5-14(13)18-8-7-15(19)6-2-1-3-11(15)10-18/h4-5,9,11,19H,1-3,6-8,10,17H2. The Labute approximate surface area is 119 Å². The fourth-order valence-electron chi connectivity index (χ4n) is 3.57. The van der Waals surface area contributed by atoms with Crippen LogP contribution in [0.2, 0.25) is 5.02 Å². The van der Waals surface area contributed by atoms with Crippen LogP contribution >= 0.6 is 11.6 Å². The number of nitrogens with two attached hydrogens (primary N) is 1. The molecule has 19 heavy (non-hydrogen) atoms. The van der Waals surface area contributed by atoms with Crippen molar-refractivity contribution < 1.29 is 5.11 Å². The van der Waals surface area contributed by atoms with Gasteiger partial charge >= 0.3 is 0 Å². The average Bonchev–Trinajstić information content (AvgIpc) is 2.38. The Morgan fingerprint density at radius 3 is 2.95 bits per heavy atom. The van der Waals surface area contributed by atoms with E-state index in [1.165, 1.54) is 6.42 Å². The van der Waals surface area contributed by atoms with Crippen molar-refractivity contribution in [1.82, 2.24) is 0 Å². The molecule has 1 aromatic rings. The van der Waals surface area contributed by atoms with Crippen molar-refractivity contribution in [3.8, 4) is 0 Å². The maximum absolute atomic E-state index is 10.7. The van der Waals surface area contributed by atoms with E-state index in [4.69, 9.17) is 17.3 Å². The maximum Gasteiger partial charge on any atom is 0.0709 e. The van der Waals surface area contributed by atoms with Crippen LogP contribution in [0.1, 0.15) is 32.1 Å². The largest absolute Gasteiger partial charge is 0.399 e. The predicted molar refractivity (Wildman–Crippen MR) is 79.6 cm³/mol. The molecule has 1 aliphatic carbocycles. The normalized spacial score (nSPS) is 31.1. The molecule has 4 heteroatoms. The molecule has 1 saturated carbocycles. The summed E-state index contributed by atoms with van der Waals surface area (Å²) in [5, 5.41) is 11.4. The fourth-order valence-corrected chi connectivity index (χ4v) is 3.88. The SMILES string of the molecule is Nc1ccc(N2CCC3(O)CCCCC3C2)c(Cl)c1. The van der Waals surface area contributed by atoms with Crippen LogP contribution in [0.5, 0.6) is 0 Å². The molecule has 2 unspecified atom stereocenters. The van der Waals surface area contributed by atoms with Gasteiger partial charge in [0, 0.05) is 24.7 Å². The van der Waals surface area contributed by atoms with Gasteiger partial charge in [-0.25, -0.2) is 0 Å². The summed E-state index contributed by atoms with van der Waals surface area (Å²) < 4.78 is 0. The van der Waals surface area contributed by atoms with Gasteiger partial charge in [0.15, 0.2) is 0 Å². The third-order valence-electron chi connectivity index (χ3n) is 4.74. The van der Waals surface area contributed by atoms with Crippen molar-refractivity contribution in [1.29, 1.82) is 0 Å². The van der Waals surface area contributed by atoms with E-state index in [2.05, 4.69) is 4.90 Å². The molecule has 0 bridgehead atoms. The molecule has 1 heterocycles. The quantitative estimate of drug-likeness (QED) is 0.778. The smallest absolute Gasteiger partial charge is 0.0709 e. The maximum atomic E-state index is 10.7. The average molecular weight is 281 g/mol. The van der Waals surface area contributed by atoms with Crippen LogP contribution in [0.25, 0.3) is 0 Å². The highest BCUT2D eigenvalue weighted by Gasteiger charge is 2.42. The molecule has 0 aromatic heterocycles. The molecular weight excluding hydrogens is 260 g/mol.